The molecule has 0 aromatic carbocycles. The number of ether oxygens (including phenoxy) is 1. The van der Waals surface area contributed by atoms with Gasteiger partial charge < -0.3 is 9.64 Å². The molecule has 0 radical (unpaired) electrons. The minimum absolute atomic E-state index is 0.185. The van der Waals surface area contributed by atoms with Gasteiger partial charge in [0.2, 0.25) is 5.91 Å². The Balaban J connectivity index is 1.99. The Morgan fingerprint density at radius 1 is 1.39 bits per heavy atom. The molecule has 4 heteroatoms. The highest BCUT2D eigenvalue weighted by Crippen LogP contribution is 2.33. The zero-order valence-corrected chi connectivity index (χ0v) is 12.3. The summed E-state index contributed by atoms with van der Waals surface area (Å²) in [7, 11) is 0. The second kappa shape index (κ2) is 6.29. The van der Waals surface area contributed by atoms with E-state index < -0.39 is 0 Å². The minimum Gasteiger partial charge on any atom is -0.381 e. The summed E-state index contributed by atoms with van der Waals surface area (Å²) in [6.45, 7) is 5.69. The second-order valence-corrected chi connectivity index (χ2v) is 6.33. The number of rotatable bonds is 3. The third-order valence-corrected chi connectivity index (χ3v) is 5.18. The van der Waals surface area contributed by atoms with E-state index >= 15 is 0 Å². The lowest BCUT2D eigenvalue weighted by molar-refractivity contribution is -0.133. The molecule has 0 aliphatic carbocycles. The van der Waals surface area contributed by atoms with Crippen LogP contribution >= 0.6 is 12.6 Å². The maximum atomic E-state index is 12.2. The van der Waals surface area contributed by atoms with Crippen LogP contribution in [0.25, 0.3) is 0 Å². The lowest BCUT2D eigenvalue weighted by atomic mass is 9.81. The standard InChI is InChI=1S/C14H25NO2S/c1-12-2-3-13(16)15(7-4-12)10-14(11-18)5-8-17-9-6-14/h12,18H,2-11H2,1H3. The van der Waals surface area contributed by atoms with E-state index in [2.05, 4.69) is 24.5 Å². The lowest BCUT2D eigenvalue weighted by Gasteiger charge is -2.40. The van der Waals surface area contributed by atoms with Crippen LogP contribution in [0.4, 0.5) is 0 Å². The molecule has 0 spiro atoms. The highest BCUT2D eigenvalue weighted by atomic mass is 32.1. The van der Waals surface area contributed by atoms with Crippen molar-refractivity contribution < 1.29 is 9.53 Å². The van der Waals surface area contributed by atoms with Gasteiger partial charge in [0.05, 0.1) is 0 Å². The van der Waals surface area contributed by atoms with Gasteiger partial charge in [0.15, 0.2) is 0 Å². The fraction of sp³-hybridized carbons (Fsp3) is 0.929. The topological polar surface area (TPSA) is 29.5 Å². The van der Waals surface area contributed by atoms with Crippen molar-refractivity contribution in [1.82, 2.24) is 4.90 Å². The van der Waals surface area contributed by atoms with E-state index in [1.807, 2.05) is 0 Å². The molecule has 3 nitrogen and oxygen atoms in total. The summed E-state index contributed by atoms with van der Waals surface area (Å²) in [5, 5.41) is 0. The van der Waals surface area contributed by atoms with Crippen LogP contribution in [0.1, 0.15) is 39.0 Å². The molecule has 2 aliphatic rings. The van der Waals surface area contributed by atoms with Crippen LogP contribution in [0.5, 0.6) is 0 Å². The molecule has 2 fully saturated rings. The van der Waals surface area contributed by atoms with E-state index in [1.165, 1.54) is 0 Å². The van der Waals surface area contributed by atoms with Crippen LogP contribution in [-0.2, 0) is 9.53 Å². The van der Waals surface area contributed by atoms with Gasteiger partial charge >= 0.3 is 0 Å². The molecule has 1 unspecified atom stereocenters. The highest BCUT2D eigenvalue weighted by Gasteiger charge is 2.35. The van der Waals surface area contributed by atoms with Gasteiger partial charge in [0.25, 0.3) is 0 Å². The number of hydrogen-bond donors (Lipinski definition) is 1. The number of carbonyl (C=O) groups excluding carboxylic acids is 1. The number of carbonyl (C=O) groups is 1. The molecule has 0 aromatic rings. The molecule has 2 heterocycles. The number of nitrogens with zero attached hydrogens (tertiary/aromatic N) is 1. The van der Waals surface area contributed by atoms with Crippen molar-refractivity contribution >= 4 is 18.5 Å². The number of amides is 1. The van der Waals surface area contributed by atoms with Crippen molar-refractivity contribution in [3.8, 4) is 0 Å². The molecule has 1 atom stereocenters. The molecule has 0 bridgehead atoms. The van der Waals surface area contributed by atoms with E-state index in [4.69, 9.17) is 4.74 Å². The highest BCUT2D eigenvalue weighted by molar-refractivity contribution is 7.80. The van der Waals surface area contributed by atoms with Gasteiger partial charge in [-0.1, -0.05) is 6.92 Å². The van der Waals surface area contributed by atoms with Crippen LogP contribution < -0.4 is 0 Å². The first-order valence-corrected chi connectivity index (χ1v) is 7.75. The largest absolute Gasteiger partial charge is 0.381 e. The molecule has 2 rings (SSSR count). The van der Waals surface area contributed by atoms with Gasteiger partial charge in [-0.15, -0.1) is 0 Å². The predicted molar refractivity (Wildman–Crippen MR) is 75.9 cm³/mol. The van der Waals surface area contributed by atoms with Crippen LogP contribution in [0.2, 0.25) is 0 Å². The van der Waals surface area contributed by atoms with Crippen LogP contribution in [-0.4, -0.2) is 42.9 Å². The summed E-state index contributed by atoms with van der Waals surface area (Å²) in [4.78, 5) is 14.2. The van der Waals surface area contributed by atoms with Gasteiger partial charge in [-0.05, 0) is 37.4 Å². The van der Waals surface area contributed by atoms with E-state index in [9.17, 15) is 4.79 Å². The summed E-state index contributed by atoms with van der Waals surface area (Å²) in [5.41, 5.74) is 0.185. The van der Waals surface area contributed by atoms with Crippen molar-refractivity contribution in [2.45, 2.75) is 39.0 Å². The summed E-state index contributed by atoms with van der Waals surface area (Å²) in [5.74, 6) is 1.88. The van der Waals surface area contributed by atoms with E-state index in [0.29, 0.717) is 11.8 Å². The predicted octanol–water partition coefficient (Wildman–Crippen LogP) is 2.36. The minimum atomic E-state index is 0.185. The number of likely N-dealkylation sites (tertiary alicyclic amines) is 1. The average molecular weight is 271 g/mol. The molecule has 0 aromatic heterocycles. The summed E-state index contributed by atoms with van der Waals surface area (Å²) < 4.78 is 5.45. The summed E-state index contributed by atoms with van der Waals surface area (Å²) in [6.07, 6.45) is 4.99. The van der Waals surface area contributed by atoms with Crippen molar-refractivity contribution in [2.75, 3.05) is 32.1 Å². The quantitative estimate of drug-likeness (QED) is 0.799. The van der Waals surface area contributed by atoms with E-state index in [-0.39, 0.29) is 5.41 Å². The Kier molecular flexibility index (Phi) is 4.96. The summed E-state index contributed by atoms with van der Waals surface area (Å²) >= 11 is 4.53. The van der Waals surface area contributed by atoms with Gasteiger partial charge in [-0.3, -0.25) is 4.79 Å². The number of thiol groups is 1. The lowest BCUT2D eigenvalue weighted by Crippen LogP contribution is -2.45. The van der Waals surface area contributed by atoms with Crippen molar-refractivity contribution in [3.05, 3.63) is 0 Å². The van der Waals surface area contributed by atoms with E-state index in [1.54, 1.807) is 0 Å². The third-order valence-electron chi connectivity index (χ3n) is 4.51. The van der Waals surface area contributed by atoms with Crippen molar-refractivity contribution in [1.29, 1.82) is 0 Å². The molecule has 0 N–H and O–H groups in total. The van der Waals surface area contributed by atoms with Gasteiger partial charge in [0, 0.05) is 38.1 Å². The second-order valence-electron chi connectivity index (χ2n) is 6.02. The van der Waals surface area contributed by atoms with Crippen LogP contribution in [0, 0.1) is 11.3 Å². The maximum absolute atomic E-state index is 12.2. The smallest absolute Gasteiger partial charge is 0.222 e. The first kappa shape index (κ1) is 14.2. The molecule has 2 saturated heterocycles. The molecular weight excluding hydrogens is 246 g/mol. The number of hydrogen-bond acceptors (Lipinski definition) is 3. The van der Waals surface area contributed by atoms with Gasteiger partial charge in [-0.25, -0.2) is 0 Å². The fourth-order valence-corrected chi connectivity index (χ4v) is 3.33. The van der Waals surface area contributed by atoms with Crippen LogP contribution in [0.3, 0.4) is 0 Å². The zero-order valence-electron chi connectivity index (χ0n) is 11.4. The molecule has 0 saturated carbocycles. The van der Waals surface area contributed by atoms with Crippen LogP contribution in [0.15, 0.2) is 0 Å². The maximum Gasteiger partial charge on any atom is 0.222 e. The molecule has 1 amide bonds. The Labute approximate surface area is 116 Å². The van der Waals surface area contributed by atoms with Gasteiger partial charge in [-0.2, -0.15) is 12.6 Å². The SMILES string of the molecule is CC1CCC(=O)N(CC2(CS)CCOCC2)CC1. The molecule has 2 aliphatic heterocycles. The Morgan fingerprint density at radius 3 is 2.78 bits per heavy atom. The zero-order chi connectivity index (χ0) is 13.0. The first-order valence-electron chi connectivity index (χ1n) is 7.12. The Hall–Kier alpha value is -0.220. The Morgan fingerprint density at radius 2 is 2.11 bits per heavy atom. The first-order chi connectivity index (χ1) is 8.65. The van der Waals surface area contributed by atoms with Crippen molar-refractivity contribution in [2.24, 2.45) is 11.3 Å². The monoisotopic (exact) mass is 271 g/mol. The average Bonchev–Trinajstić information content (AvgIpc) is 2.55. The fourth-order valence-electron chi connectivity index (χ4n) is 2.92. The summed E-state index contributed by atoms with van der Waals surface area (Å²) in [6, 6.07) is 0. The molecule has 18 heavy (non-hydrogen) atoms. The van der Waals surface area contributed by atoms with Gasteiger partial charge in [0.1, 0.15) is 0 Å². The Bertz CT molecular complexity index is 290. The normalized spacial score (nSPS) is 29.1. The molecular formula is C14H25NO2S. The third kappa shape index (κ3) is 3.41. The molecule has 104 valence electrons. The van der Waals surface area contributed by atoms with E-state index in [0.717, 1.165) is 64.2 Å². The van der Waals surface area contributed by atoms with Crippen molar-refractivity contribution in [3.63, 3.8) is 0 Å².